The Morgan fingerprint density at radius 2 is 1.88 bits per heavy atom. The minimum absolute atomic E-state index is 0.0806. The van der Waals surface area contributed by atoms with Crippen molar-refractivity contribution in [1.29, 1.82) is 0 Å². The average Bonchev–Trinajstić information content (AvgIpc) is 2.58. The first-order valence-corrected chi connectivity index (χ1v) is 9.10. The van der Waals surface area contributed by atoms with Crippen molar-refractivity contribution in [2.45, 2.75) is 18.7 Å². The summed E-state index contributed by atoms with van der Waals surface area (Å²) in [6, 6.07) is 9.46. The molecule has 2 aromatic rings. The molecule has 0 fully saturated rings. The van der Waals surface area contributed by atoms with Crippen molar-refractivity contribution in [3.63, 3.8) is 0 Å². The van der Waals surface area contributed by atoms with Gasteiger partial charge in [-0.2, -0.15) is 4.98 Å². The van der Waals surface area contributed by atoms with E-state index in [9.17, 15) is 4.79 Å². The second-order valence-corrected chi connectivity index (χ2v) is 6.04. The van der Waals surface area contributed by atoms with Crippen LogP contribution >= 0.6 is 11.8 Å². The lowest BCUT2D eigenvalue weighted by Crippen LogP contribution is -2.29. The fourth-order valence-corrected chi connectivity index (χ4v) is 2.52. The zero-order valence-electron chi connectivity index (χ0n) is 14.2. The lowest BCUT2D eigenvalue weighted by molar-refractivity contribution is 0.0955. The molecule has 0 aliphatic carbocycles. The maximum absolute atomic E-state index is 12.1. The van der Waals surface area contributed by atoms with Gasteiger partial charge in [0.1, 0.15) is 5.82 Å². The Labute approximate surface area is 146 Å². The Bertz CT molecular complexity index is 675. The van der Waals surface area contributed by atoms with Crippen molar-refractivity contribution < 1.29 is 4.79 Å². The van der Waals surface area contributed by atoms with Gasteiger partial charge in [0.25, 0.3) is 5.91 Å². The third-order valence-corrected chi connectivity index (χ3v) is 4.00. The summed E-state index contributed by atoms with van der Waals surface area (Å²) in [5.74, 6) is 1.28. The van der Waals surface area contributed by atoms with Crippen molar-refractivity contribution in [2.24, 2.45) is 0 Å². The predicted octanol–water partition coefficient (Wildman–Crippen LogP) is 2.78. The van der Waals surface area contributed by atoms with Gasteiger partial charge in [0.2, 0.25) is 5.95 Å². The normalized spacial score (nSPS) is 10.3. The van der Waals surface area contributed by atoms with Gasteiger partial charge in [0, 0.05) is 41.9 Å². The van der Waals surface area contributed by atoms with E-state index in [-0.39, 0.29) is 5.91 Å². The van der Waals surface area contributed by atoms with Crippen LogP contribution in [0.3, 0.4) is 0 Å². The fourth-order valence-electron chi connectivity index (χ4n) is 2.11. The molecule has 1 aromatic heterocycles. The number of benzene rings is 1. The van der Waals surface area contributed by atoms with Crippen LogP contribution in [0.5, 0.6) is 0 Å². The largest absolute Gasteiger partial charge is 0.370 e. The fraction of sp³-hybridized carbons (Fsp3) is 0.353. The first-order valence-electron chi connectivity index (χ1n) is 7.88. The molecule has 128 valence electrons. The molecule has 1 aromatic carbocycles. The quantitative estimate of drug-likeness (QED) is 0.504. The van der Waals surface area contributed by atoms with Crippen LogP contribution < -0.4 is 16.0 Å². The van der Waals surface area contributed by atoms with Gasteiger partial charge in [0.15, 0.2) is 0 Å². The molecule has 0 saturated heterocycles. The molecule has 0 saturated carbocycles. The molecule has 1 amide bonds. The minimum atomic E-state index is -0.0806. The number of nitrogens with zero attached hydrogens (tertiary/aromatic N) is 2. The van der Waals surface area contributed by atoms with E-state index < -0.39 is 0 Å². The molecule has 1 heterocycles. The third-order valence-electron chi connectivity index (χ3n) is 3.26. The van der Waals surface area contributed by atoms with E-state index in [0.29, 0.717) is 24.6 Å². The van der Waals surface area contributed by atoms with Crippen LogP contribution in [0.15, 0.2) is 35.2 Å². The second-order valence-electron chi connectivity index (χ2n) is 5.16. The van der Waals surface area contributed by atoms with E-state index in [1.165, 1.54) is 0 Å². The van der Waals surface area contributed by atoms with E-state index >= 15 is 0 Å². The highest BCUT2D eigenvalue weighted by molar-refractivity contribution is 7.98. The van der Waals surface area contributed by atoms with Crippen LogP contribution in [0.2, 0.25) is 0 Å². The molecule has 0 atom stereocenters. The maximum Gasteiger partial charge on any atom is 0.251 e. The Morgan fingerprint density at radius 3 is 2.54 bits per heavy atom. The molecule has 0 unspecified atom stereocenters. The summed E-state index contributed by atoms with van der Waals surface area (Å²) < 4.78 is 0. The van der Waals surface area contributed by atoms with Crippen LogP contribution in [-0.2, 0) is 0 Å². The summed E-state index contributed by atoms with van der Waals surface area (Å²) in [6.07, 6.45) is 2.01. The summed E-state index contributed by atoms with van der Waals surface area (Å²) in [5.41, 5.74) is 1.55. The van der Waals surface area contributed by atoms with Crippen LogP contribution in [-0.4, -0.2) is 41.8 Å². The topological polar surface area (TPSA) is 78.9 Å². The molecule has 7 heteroatoms. The summed E-state index contributed by atoms with van der Waals surface area (Å²) in [7, 11) is 0. The summed E-state index contributed by atoms with van der Waals surface area (Å²) in [5, 5.41) is 9.18. The van der Waals surface area contributed by atoms with E-state index in [0.717, 1.165) is 23.0 Å². The molecule has 0 radical (unpaired) electrons. The number of aromatic nitrogens is 2. The van der Waals surface area contributed by atoms with Crippen LogP contribution in [0, 0.1) is 6.92 Å². The number of thioether (sulfide) groups is 1. The monoisotopic (exact) mass is 345 g/mol. The van der Waals surface area contributed by atoms with Gasteiger partial charge in [0.05, 0.1) is 0 Å². The van der Waals surface area contributed by atoms with E-state index in [2.05, 4.69) is 25.9 Å². The summed E-state index contributed by atoms with van der Waals surface area (Å²) in [6.45, 7) is 5.81. The molecule has 0 spiro atoms. The molecule has 0 aliphatic rings. The summed E-state index contributed by atoms with van der Waals surface area (Å²) >= 11 is 1.65. The first kappa shape index (κ1) is 18.1. The third kappa shape index (κ3) is 5.42. The van der Waals surface area contributed by atoms with Gasteiger partial charge in [-0.05, 0) is 44.4 Å². The molecule has 0 aliphatic heterocycles. The molecular weight excluding hydrogens is 322 g/mol. The van der Waals surface area contributed by atoms with Crippen LogP contribution in [0.1, 0.15) is 23.0 Å². The van der Waals surface area contributed by atoms with E-state index in [4.69, 9.17) is 0 Å². The van der Waals surface area contributed by atoms with Crippen molar-refractivity contribution in [3.8, 4) is 0 Å². The zero-order chi connectivity index (χ0) is 17.4. The summed E-state index contributed by atoms with van der Waals surface area (Å²) in [4.78, 5) is 21.9. The number of hydrogen-bond acceptors (Lipinski definition) is 6. The number of rotatable bonds is 8. The second kappa shape index (κ2) is 9.12. The molecule has 2 rings (SSSR count). The lowest BCUT2D eigenvalue weighted by Gasteiger charge is -2.09. The van der Waals surface area contributed by atoms with Crippen molar-refractivity contribution in [2.75, 3.05) is 36.5 Å². The van der Waals surface area contributed by atoms with Gasteiger partial charge < -0.3 is 16.0 Å². The highest BCUT2D eigenvalue weighted by Crippen LogP contribution is 2.14. The smallest absolute Gasteiger partial charge is 0.251 e. The SMILES string of the molecule is CCNc1cc(C)nc(NCCNC(=O)c2ccc(SC)cc2)n1. The van der Waals surface area contributed by atoms with Gasteiger partial charge in [-0.3, -0.25) is 4.79 Å². The Kier molecular flexibility index (Phi) is 6.87. The number of anilines is 2. The molecule has 0 bridgehead atoms. The minimum Gasteiger partial charge on any atom is -0.370 e. The zero-order valence-corrected chi connectivity index (χ0v) is 15.0. The van der Waals surface area contributed by atoms with E-state index in [1.807, 2.05) is 50.4 Å². The Morgan fingerprint density at radius 1 is 1.12 bits per heavy atom. The van der Waals surface area contributed by atoms with Gasteiger partial charge in [-0.15, -0.1) is 11.8 Å². The van der Waals surface area contributed by atoms with Gasteiger partial charge in [-0.25, -0.2) is 4.98 Å². The van der Waals surface area contributed by atoms with Crippen LogP contribution in [0.25, 0.3) is 0 Å². The van der Waals surface area contributed by atoms with E-state index in [1.54, 1.807) is 11.8 Å². The van der Waals surface area contributed by atoms with Crippen molar-refractivity contribution in [3.05, 3.63) is 41.6 Å². The first-order chi connectivity index (χ1) is 11.6. The number of carbonyl (C=O) groups excluding carboxylic acids is 1. The maximum atomic E-state index is 12.1. The standard InChI is InChI=1S/C17H23N5OS/c1-4-18-15-11-12(2)21-17(22-15)20-10-9-19-16(23)13-5-7-14(24-3)8-6-13/h5-8,11H,4,9-10H2,1-3H3,(H,19,23)(H2,18,20,21,22). The number of amides is 1. The van der Waals surface area contributed by atoms with Gasteiger partial charge in [-0.1, -0.05) is 0 Å². The Balaban J connectivity index is 1.80. The van der Waals surface area contributed by atoms with Crippen molar-refractivity contribution >= 4 is 29.4 Å². The number of aryl methyl sites for hydroxylation is 1. The lowest BCUT2D eigenvalue weighted by atomic mass is 10.2. The highest BCUT2D eigenvalue weighted by atomic mass is 32.2. The highest BCUT2D eigenvalue weighted by Gasteiger charge is 2.05. The number of hydrogen-bond donors (Lipinski definition) is 3. The predicted molar refractivity (Wildman–Crippen MR) is 100.0 cm³/mol. The molecular formula is C17H23N5OS. The molecule has 24 heavy (non-hydrogen) atoms. The Hall–Kier alpha value is -2.28. The molecule has 3 N–H and O–H groups in total. The van der Waals surface area contributed by atoms with Crippen LogP contribution in [0.4, 0.5) is 11.8 Å². The van der Waals surface area contributed by atoms with Crippen molar-refractivity contribution in [1.82, 2.24) is 15.3 Å². The number of carbonyl (C=O) groups is 1. The average molecular weight is 345 g/mol. The molecule has 6 nitrogen and oxygen atoms in total. The number of nitrogens with one attached hydrogen (secondary N) is 3. The van der Waals surface area contributed by atoms with Gasteiger partial charge >= 0.3 is 0 Å².